The van der Waals surface area contributed by atoms with Gasteiger partial charge >= 0.3 is 5.97 Å². The number of esters is 1. The molecule has 2 aromatic rings. The van der Waals surface area contributed by atoms with Crippen LogP contribution in [0.2, 0.25) is 0 Å². The van der Waals surface area contributed by atoms with E-state index in [0.717, 1.165) is 26.1 Å². The molecule has 20 heavy (non-hydrogen) atoms. The van der Waals surface area contributed by atoms with Crippen molar-refractivity contribution < 1.29 is 9.53 Å². The number of nitrogens with zero attached hydrogens (tertiary/aromatic N) is 1. The third-order valence-electron chi connectivity index (χ3n) is 4.08. The van der Waals surface area contributed by atoms with Crippen LogP contribution in [0, 0.1) is 5.92 Å². The van der Waals surface area contributed by atoms with Crippen molar-refractivity contribution in [2.45, 2.75) is 13.0 Å². The van der Waals surface area contributed by atoms with Gasteiger partial charge < -0.3 is 4.74 Å². The van der Waals surface area contributed by atoms with Crippen molar-refractivity contribution in [2.24, 2.45) is 5.92 Å². The summed E-state index contributed by atoms with van der Waals surface area (Å²) in [7, 11) is 1.47. The van der Waals surface area contributed by atoms with Crippen molar-refractivity contribution in [3.05, 3.63) is 48.0 Å². The van der Waals surface area contributed by atoms with E-state index < -0.39 is 0 Å². The first kappa shape index (κ1) is 13.1. The van der Waals surface area contributed by atoms with E-state index in [1.54, 1.807) is 0 Å². The Morgan fingerprint density at radius 3 is 2.90 bits per heavy atom. The van der Waals surface area contributed by atoms with Crippen LogP contribution in [-0.4, -0.2) is 31.1 Å². The highest BCUT2D eigenvalue weighted by molar-refractivity contribution is 5.85. The monoisotopic (exact) mass is 269 g/mol. The second kappa shape index (κ2) is 5.63. The van der Waals surface area contributed by atoms with Gasteiger partial charge in [-0.3, -0.25) is 9.69 Å². The zero-order valence-electron chi connectivity index (χ0n) is 11.7. The number of benzene rings is 2. The highest BCUT2D eigenvalue weighted by atomic mass is 16.5. The number of hydrogen-bond donors (Lipinski definition) is 0. The number of carbonyl (C=O) groups is 1. The lowest BCUT2D eigenvalue weighted by atomic mass is 10.0. The summed E-state index contributed by atoms with van der Waals surface area (Å²) in [6.07, 6.45) is 0.900. The SMILES string of the molecule is COC(=O)C1CCN(Cc2cccc3ccccc23)C1. The van der Waals surface area contributed by atoms with Crippen LogP contribution in [0.15, 0.2) is 42.5 Å². The summed E-state index contributed by atoms with van der Waals surface area (Å²) in [4.78, 5) is 13.9. The predicted octanol–water partition coefficient (Wildman–Crippen LogP) is 2.83. The Labute approximate surface area is 119 Å². The molecule has 104 valence electrons. The summed E-state index contributed by atoms with van der Waals surface area (Å²) >= 11 is 0. The lowest BCUT2D eigenvalue weighted by molar-refractivity contribution is -0.144. The zero-order valence-corrected chi connectivity index (χ0v) is 11.7. The maximum absolute atomic E-state index is 11.6. The molecule has 0 amide bonds. The smallest absolute Gasteiger partial charge is 0.310 e. The van der Waals surface area contributed by atoms with E-state index in [2.05, 4.69) is 47.4 Å². The third kappa shape index (κ3) is 2.54. The zero-order chi connectivity index (χ0) is 13.9. The first-order valence-electron chi connectivity index (χ1n) is 7.05. The molecule has 0 aliphatic carbocycles. The molecular weight excluding hydrogens is 250 g/mol. The van der Waals surface area contributed by atoms with Gasteiger partial charge in [0.1, 0.15) is 0 Å². The first-order chi connectivity index (χ1) is 9.78. The molecule has 0 radical (unpaired) electrons. The first-order valence-corrected chi connectivity index (χ1v) is 7.05. The fourth-order valence-corrected chi connectivity index (χ4v) is 3.01. The Bertz CT molecular complexity index is 618. The third-order valence-corrected chi connectivity index (χ3v) is 4.08. The normalized spacial score (nSPS) is 19.4. The summed E-state index contributed by atoms with van der Waals surface area (Å²) in [6.45, 7) is 2.66. The molecule has 3 nitrogen and oxygen atoms in total. The van der Waals surface area contributed by atoms with Crippen LogP contribution < -0.4 is 0 Å². The highest BCUT2D eigenvalue weighted by Gasteiger charge is 2.28. The predicted molar refractivity (Wildman–Crippen MR) is 79.3 cm³/mol. The van der Waals surface area contributed by atoms with E-state index in [0.29, 0.717) is 0 Å². The molecular formula is C17H19NO2. The largest absolute Gasteiger partial charge is 0.469 e. The molecule has 0 spiro atoms. The summed E-state index contributed by atoms with van der Waals surface area (Å²) in [5, 5.41) is 2.57. The fourth-order valence-electron chi connectivity index (χ4n) is 3.01. The van der Waals surface area contributed by atoms with E-state index in [4.69, 9.17) is 4.74 Å². The lowest BCUT2D eigenvalue weighted by Gasteiger charge is -2.17. The van der Waals surface area contributed by atoms with Crippen LogP contribution in [0.4, 0.5) is 0 Å². The van der Waals surface area contributed by atoms with Crippen molar-refractivity contribution in [3.8, 4) is 0 Å². The molecule has 1 heterocycles. The number of carbonyl (C=O) groups excluding carboxylic acids is 1. The summed E-state index contributed by atoms with van der Waals surface area (Å²) in [5.74, 6) is -0.0413. The molecule has 0 bridgehead atoms. The molecule has 1 saturated heterocycles. The molecule has 1 fully saturated rings. The average Bonchev–Trinajstić information content (AvgIpc) is 2.95. The topological polar surface area (TPSA) is 29.5 Å². The summed E-state index contributed by atoms with van der Waals surface area (Å²) in [5.41, 5.74) is 1.33. The quantitative estimate of drug-likeness (QED) is 0.802. The van der Waals surface area contributed by atoms with Gasteiger partial charge in [-0.25, -0.2) is 0 Å². The molecule has 0 N–H and O–H groups in total. The molecule has 3 rings (SSSR count). The second-order valence-electron chi connectivity index (χ2n) is 5.38. The summed E-state index contributed by atoms with van der Waals surface area (Å²) < 4.78 is 4.84. The van der Waals surface area contributed by atoms with Crippen LogP contribution in [0.25, 0.3) is 10.8 Å². The van der Waals surface area contributed by atoms with Crippen molar-refractivity contribution in [1.29, 1.82) is 0 Å². The van der Waals surface area contributed by atoms with Crippen LogP contribution in [-0.2, 0) is 16.1 Å². The molecule has 0 saturated carbocycles. The van der Waals surface area contributed by atoms with Gasteiger partial charge in [0.25, 0.3) is 0 Å². The van der Waals surface area contributed by atoms with Crippen LogP contribution in [0.1, 0.15) is 12.0 Å². The molecule has 1 aliphatic rings. The van der Waals surface area contributed by atoms with Gasteiger partial charge in [0, 0.05) is 13.1 Å². The minimum absolute atomic E-state index is 0.0370. The van der Waals surface area contributed by atoms with Crippen LogP contribution >= 0.6 is 0 Å². The Morgan fingerprint density at radius 2 is 2.05 bits per heavy atom. The Morgan fingerprint density at radius 1 is 1.25 bits per heavy atom. The van der Waals surface area contributed by atoms with Gasteiger partial charge in [-0.2, -0.15) is 0 Å². The van der Waals surface area contributed by atoms with E-state index in [1.807, 2.05) is 0 Å². The molecule has 3 heteroatoms. The molecule has 0 aromatic heterocycles. The van der Waals surface area contributed by atoms with Gasteiger partial charge in [-0.05, 0) is 29.3 Å². The van der Waals surface area contributed by atoms with Crippen molar-refractivity contribution in [1.82, 2.24) is 4.90 Å². The van der Waals surface area contributed by atoms with Gasteiger partial charge in [0.05, 0.1) is 13.0 Å². The van der Waals surface area contributed by atoms with E-state index in [1.165, 1.54) is 23.4 Å². The molecule has 2 aromatic carbocycles. The molecule has 1 unspecified atom stereocenters. The number of likely N-dealkylation sites (tertiary alicyclic amines) is 1. The van der Waals surface area contributed by atoms with Gasteiger partial charge in [-0.15, -0.1) is 0 Å². The average molecular weight is 269 g/mol. The minimum Gasteiger partial charge on any atom is -0.469 e. The van der Waals surface area contributed by atoms with Gasteiger partial charge in [0.15, 0.2) is 0 Å². The number of rotatable bonds is 3. The Balaban J connectivity index is 1.76. The van der Waals surface area contributed by atoms with E-state index in [9.17, 15) is 4.79 Å². The molecule has 1 aliphatic heterocycles. The maximum atomic E-state index is 11.6. The van der Waals surface area contributed by atoms with Crippen LogP contribution in [0.3, 0.4) is 0 Å². The van der Waals surface area contributed by atoms with Gasteiger partial charge in [0.2, 0.25) is 0 Å². The number of ether oxygens (including phenoxy) is 1. The van der Waals surface area contributed by atoms with E-state index >= 15 is 0 Å². The fraction of sp³-hybridized carbons (Fsp3) is 0.353. The van der Waals surface area contributed by atoms with Crippen molar-refractivity contribution >= 4 is 16.7 Å². The van der Waals surface area contributed by atoms with E-state index in [-0.39, 0.29) is 11.9 Å². The van der Waals surface area contributed by atoms with Gasteiger partial charge in [-0.1, -0.05) is 42.5 Å². The van der Waals surface area contributed by atoms with Crippen molar-refractivity contribution in [2.75, 3.05) is 20.2 Å². The minimum atomic E-state index is -0.0783. The summed E-state index contributed by atoms with van der Waals surface area (Å²) in [6, 6.07) is 14.9. The second-order valence-corrected chi connectivity index (χ2v) is 5.38. The lowest BCUT2D eigenvalue weighted by Crippen LogP contribution is -2.23. The molecule has 1 atom stereocenters. The van der Waals surface area contributed by atoms with Crippen LogP contribution in [0.5, 0.6) is 0 Å². The van der Waals surface area contributed by atoms with Crippen molar-refractivity contribution in [3.63, 3.8) is 0 Å². The Hall–Kier alpha value is -1.87. The standard InChI is InChI=1S/C17H19NO2/c1-20-17(19)15-9-10-18(12-15)11-14-7-4-6-13-5-2-3-8-16(13)14/h2-8,15H,9-12H2,1H3. The number of methoxy groups -OCH3 is 1. The Kier molecular flexibility index (Phi) is 3.70. The number of fused-ring (bicyclic) bond motifs is 1. The highest BCUT2D eigenvalue weighted by Crippen LogP contribution is 2.24. The number of hydrogen-bond acceptors (Lipinski definition) is 3. The maximum Gasteiger partial charge on any atom is 0.310 e.